The average molecular weight is 238 g/mol. The number of rotatable bonds is 0. The second-order valence-electron chi connectivity index (χ2n) is 5.23. The number of hydrogen-bond donors (Lipinski definition) is 1. The van der Waals surface area contributed by atoms with E-state index in [0.717, 1.165) is 10.1 Å². The normalized spacial score (nSPS) is 30.2. The molecule has 1 N–H and O–H groups in total. The molecule has 2 heterocycles. The molecule has 0 spiro atoms. The Bertz CT molecular complexity index is 428. The molecule has 93 valence electrons. The van der Waals surface area contributed by atoms with Crippen molar-refractivity contribution in [2.45, 2.75) is 45.7 Å². The first-order valence-corrected chi connectivity index (χ1v) is 5.37. The van der Waals surface area contributed by atoms with Gasteiger partial charge in [0.1, 0.15) is 0 Å². The highest BCUT2D eigenvalue weighted by Gasteiger charge is 2.57. The maximum atomic E-state index is 12.2. The molecule has 2 aliphatic heterocycles. The Kier molecular flexibility index (Phi) is 2.31. The minimum atomic E-state index is -0.786. The molecule has 0 unspecified atom stereocenters. The molecule has 0 aliphatic carbocycles. The van der Waals surface area contributed by atoms with Gasteiger partial charge < -0.3 is 0 Å². The highest BCUT2D eigenvalue weighted by Crippen LogP contribution is 2.44. The Balaban J connectivity index is 2.57. The van der Waals surface area contributed by atoms with Crippen LogP contribution in [-0.4, -0.2) is 32.2 Å². The summed E-state index contributed by atoms with van der Waals surface area (Å²) in [6, 6.07) is 0. The molecule has 0 saturated carbocycles. The van der Waals surface area contributed by atoms with E-state index in [1.165, 1.54) is 0 Å². The minimum Gasteiger partial charge on any atom is -0.286 e. The van der Waals surface area contributed by atoms with E-state index in [4.69, 9.17) is 0 Å². The predicted molar refractivity (Wildman–Crippen MR) is 59.3 cm³/mol. The van der Waals surface area contributed by atoms with Crippen molar-refractivity contribution in [1.29, 1.82) is 0 Å². The predicted octanol–water partition coefficient (Wildman–Crippen LogP) is 1.91. The SMILES string of the molecule is CC1=N/C(=C2\N([O])C(C)(C)C(C)(C)N2O)N=N1. The van der Waals surface area contributed by atoms with Crippen LogP contribution in [0.1, 0.15) is 34.6 Å². The molecule has 1 radical (unpaired) electrons. The first-order chi connectivity index (χ1) is 7.69. The number of aliphatic imine (C=N–C) groups is 1. The quantitative estimate of drug-likeness (QED) is 0.699. The molecule has 0 aromatic rings. The van der Waals surface area contributed by atoms with Crippen LogP contribution in [0, 0.1) is 0 Å². The molecule has 7 nitrogen and oxygen atoms in total. The van der Waals surface area contributed by atoms with Gasteiger partial charge in [0, 0.05) is 0 Å². The molecule has 17 heavy (non-hydrogen) atoms. The lowest BCUT2D eigenvalue weighted by atomic mass is 9.84. The zero-order valence-electron chi connectivity index (χ0n) is 10.6. The molecule has 0 aromatic carbocycles. The van der Waals surface area contributed by atoms with Crippen molar-refractivity contribution in [2.75, 3.05) is 0 Å². The third-order valence-electron chi connectivity index (χ3n) is 3.68. The Morgan fingerprint density at radius 2 is 1.71 bits per heavy atom. The van der Waals surface area contributed by atoms with Crippen molar-refractivity contribution < 1.29 is 10.4 Å². The fourth-order valence-corrected chi connectivity index (χ4v) is 1.72. The Morgan fingerprint density at radius 1 is 1.12 bits per heavy atom. The van der Waals surface area contributed by atoms with Crippen molar-refractivity contribution in [3.05, 3.63) is 11.6 Å². The van der Waals surface area contributed by atoms with Gasteiger partial charge in [-0.05, 0) is 34.6 Å². The second kappa shape index (κ2) is 3.27. The summed E-state index contributed by atoms with van der Waals surface area (Å²) in [6.45, 7) is 8.78. The summed E-state index contributed by atoms with van der Waals surface area (Å²) in [5.41, 5.74) is -1.52. The standard InChI is InChI=1S/C10H16N5O2/c1-6-11-7(13-12-6)8-14(16)9(2,3)10(4,5)15(8)17/h16H,1-5H3/b8-7+. The van der Waals surface area contributed by atoms with Gasteiger partial charge in [0.05, 0.1) is 11.1 Å². The Labute approximate surface area is 99.7 Å². The van der Waals surface area contributed by atoms with Gasteiger partial charge in [-0.15, -0.1) is 10.2 Å². The van der Waals surface area contributed by atoms with Crippen molar-refractivity contribution in [3.8, 4) is 0 Å². The fourth-order valence-electron chi connectivity index (χ4n) is 1.72. The summed E-state index contributed by atoms with van der Waals surface area (Å²) in [4.78, 5) is 4.02. The van der Waals surface area contributed by atoms with Gasteiger partial charge in [0.2, 0.25) is 11.6 Å². The van der Waals surface area contributed by atoms with E-state index < -0.39 is 11.1 Å². The Morgan fingerprint density at radius 3 is 2.06 bits per heavy atom. The third-order valence-corrected chi connectivity index (χ3v) is 3.68. The van der Waals surface area contributed by atoms with Crippen molar-refractivity contribution in [3.63, 3.8) is 0 Å². The molecule has 7 heteroatoms. The maximum Gasteiger partial charge on any atom is 0.221 e. The fraction of sp³-hybridized carbons (Fsp3) is 0.700. The highest BCUT2D eigenvalue weighted by atomic mass is 16.6. The van der Waals surface area contributed by atoms with Crippen LogP contribution in [0.25, 0.3) is 0 Å². The van der Waals surface area contributed by atoms with E-state index in [0.29, 0.717) is 5.84 Å². The monoisotopic (exact) mass is 238 g/mol. The summed E-state index contributed by atoms with van der Waals surface area (Å²) in [7, 11) is 0. The molecular formula is C10H16N5O2. The van der Waals surface area contributed by atoms with Crippen molar-refractivity contribution in [2.24, 2.45) is 15.2 Å². The minimum absolute atomic E-state index is 0.0422. The number of nitrogens with zero attached hydrogens (tertiary/aromatic N) is 5. The molecule has 1 fully saturated rings. The third kappa shape index (κ3) is 1.39. The van der Waals surface area contributed by atoms with Crippen LogP contribution in [0.3, 0.4) is 0 Å². The maximum absolute atomic E-state index is 12.2. The summed E-state index contributed by atoms with van der Waals surface area (Å²) >= 11 is 0. The topological polar surface area (TPSA) is 83.7 Å². The van der Waals surface area contributed by atoms with Gasteiger partial charge in [-0.3, -0.25) is 5.21 Å². The van der Waals surface area contributed by atoms with Gasteiger partial charge in [0.25, 0.3) is 0 Å². The first-order valence-electron chi connectivity index (χ1n) is 5.37. The summed E-state index contributed by atoms with van der Waals surface area (Å²) in [5, 5.41) is 31.6. The summed E-state index contributed by atoms with van der Waals surface area (Å²) in [6.07, 6.45) is 0. The molecular weight excluding hydrogens is 222 g/mol. The van der Waals surface area contributed by atoms with Crippen LogP contribution < -0.4 is 0 Å². The molecule has 0 amide bonds. The zero-order chi connectivity index (χ0) is 13.0. The van der Waals surface area contributed by atoms with Gasteiger partial charge in [0.15, 0.2) is 5.84 Å². The van der Waals surface area contributed by atoms with E-state index in [-0.39, 0.29) is 11.6 Å². The molecule has 0 bridgehead atoms. The lowest BCUT2D eigenvalue weighted by Crippen LogP contribution is -2.52. The second-order valence-corrected chi connectivity index (χ2v) is 5.23. The van der Waals surface area contributed by atoms with Crippen LogP contribution in [0.5, 0.6) is 0 Å². The van der Waals surface area contributed by atoms with E-state index in [9.17, 15) is 10.4 Å². The summed E-state index contributed by atoms with van der Waals surface area (Å²) < 4.78 is 0. The molecule has 2 rings (SSSR count). The van der Waals surface area contributed by atoms with Crippen molar-refractivity contribution >= 4 is 5.84 Å². The lowest BCUT2D eigenvalue weighted by Gasteiger charge is -2.36. The summed E-state index contributed by atoms with van der Waals surface area (Å²) in [5.74, 6) is 0.663. The van der Waals surface area contributed by atoms with E-state index in [1.54, 1.807) is 34.6 Å². The first kappa shape index (κ1) is 12.0. The number of amidine groups is 1. The lowest BCUT2D eigenvalue weighted by molar-refractivity contribution is -0.182. The molecule has 0 atom stereocenters. The van der Waals surface area contributed by atoms with Crippen LogP contribution in [-0.2, 0) is 5.21 Å². The molecule has 2 aliphatic rings. The van der Waals surface area contributed by atoms with Crippen LogP contribution in [0.4, 0.5) is 0 Å². The van der Waals surface area contributed by atoms with Crippen LogP contribution in [0.15, 0.2) is 26.9 Å². The molecule has 0 aromatic heterocycles. The van der Waals surface area contributed by atoms with Gasteiger partial charge in [-0.25, -0.2) is 10.1 Å². The van der Waals surface area contributed by atoms with Crippen molar-refractivity contribution in [1.82, 2.24) is 10.1 Å². The number of azo groups is 1. The van der Waals surface area contributed by atoms with Crippen LogP contribution in [0.2, 0.25) is 0 Å². The van der Waals surface area contributed by atoms with Gasteiger partial charge in [-0.1, -0.05) is 5.21 Å². The van der Waals surface area contributed by atoms with Crippen LogP contribution >= 0.6 is 0 Å². The van der Waals surface area contributed by atoms with Gasteiger partial charge in [-0.2, -0.15) is 5.06 Å². The Hall–Kier alpha value is -1.47. The highest BCUT2D eigenvalue weighted by molar-refractivity contribution is 5.82. The van der Waals surface area contributed by atoms with Gasteiger partial charge >= 0.3 is 0 Å². The molecule has 1 saturated heterocycles. The van der Waals surface area contributed by atoms with E-state index in [2.05, 4.69) is 15.2 Å². The van der Waals surface area contributed by atoms with E-state index >= 15 is 0 Å². The zero-order valence-corrected chi connectivity index (χ0v) is 10.6. The smallest absolute Gasteiger partial charge is 0.221 e. The van der Waals surface area contributed by atoms with E-state index in [1.807, 2.05) is 0 Å². The number of hydrogen-bond acceptors (Lipinski definition) is 6. The average Bonchev–Trinajstić information content (AvgIpc) is 2.67. The largest absolute Gasteiger partial charge is 0.286 e. The number of hydroxylamine groups is 4.